The monoisotopic (exact) mass is 1650 g/mol. The number of aromatic carboxylic acids is 1. The van der Waals surface area contributed by atoms with Crippen LogP contribution in [-0.2, 0) is 0 Å². The van der Waals surface area contributed by atoms with Crippen molar-refractivity contribution in [2.75, 3.05) is 199 Å². The Labute approximate surface area is 680 Å². The molecule has 8 aliphatic heterocycles. The predicted octanol–water partition coefficient (Wildman–Crippen LogP) is 8.48. The first-order chi connectivity index (χ1) is 54.7. The number of Topliss-reactive ketones (excluding diaryl/α,β-unsaturated/α-hetero) is 2. The van der Waals surface area contributed by atoms with Crippen LogP contribution in [-0.4, -0.2) is 317 Å². The molecule has 3 amide bonds. The van der Waals surface area contributed by atoms with Crippen LogP contribution in [0.1, 0.15) is 74.9 Å². The maximum atomic E-state index is 13.2. The lowest BCUT2D eigenvalue weighted by atomic mass is 10.0. The van der Waals surface area contributed by atoms with Gasteiger partial charge in [0, 0.05) is 258 Å². The van der Waals surface area contributed by atoms with E-state index in [1.54, 1.807) is 62.2 Å². The summed E-state index contributed by atoms with van der Waals surface area (Å²) in [6, 6.07) is 22.7. The highest BCUT2D eigenvalue weighted by atomic mass is 35.5. The molecular weight excluding hydrogens is 1560 g/mol. The number of fused-ring (bicyclic) bond motifs is 4. The standard InChI is InChI=1S/C24H27N7O2S2.C14H15N3OS.C13H13N3O2S.C11H16N4OS.C10H7ClN2O.C4H9NS.CH4O/c32-23(17-1-2-19-20(13-17)26-16-27-21(19)29-8-11-34-12-9-29)31-14-18(15-31)28-4-6-30(7-5-28)24(33)22-25-3-10-35-22;1-10(18)11-2-3-12-13(8-11)16-15-9-14(12)17-4-6-19-7-5-17;17-13(18)9-1-2-10-11(7-9)15-14-8-12(10)16-3-5-19-6-4-16;16-11(10-13-1-6-17-10)15-4-2-14(3-5-15)9-7-12-8-9;1-6(14)7-2-3-8-9(11)5-12-13-10(8)4-7;1-3-6-4-2-5-1;1-2/h1-3,10,13,16,18H,4-9,11-12,14-15H2;2-3,8-9H,4-7H2,1H3;1-2,7-8H,3-6H2,(H,17,18);1,6,9,12H,2-5,7-8H2;2-5H,1H3;5H,1-4H2;2H,1H3. The average molecular weight is 1650 g/mol. The number of thiazole rings is 2. The zero-order chi connectivity index (χ0) is 78.3. The molecular formula is C77H91ClN20O8S6. The number of nitrogens with one attached hydrogen (secondary N) is 2. The summed E-state index contributed by atoms with van der Waals surface area (Å²) in [7, 11) is 1.00. The molecule has 0 spiro atoms. The Balaban J connectivity index is 0.000000132. The highest BCUT2D eigenvalue weighted by Crippen LogP contribution is 2.32. The Morgan fingerprint density at radius 1 is 0.438 bits per heavy atom. The van der Waals surface area contributed by atoms with Crippen LogP contribution in [0.4, 0.5) is 17.2 Å². The number of carbonyl (C=O) groups is 6. The van der Waals surface area contributed by atoms with Crippen molar-refractivity contribution in [3.63, 3.8) is 0 Å². The molecule has 4 N–H and O–H groups in total. The number of ketones is 2. The van der Waals surface area contributed by atoms with Gasteiger partial charge in [-0.1, -0.05) is 29.8 Å². The SMILES string of the molecule is C1CSCCN1.CC(=O)c1ccc2c(Cl)cnnc2c1.CC(=O)c1ccc2c(N3CCSCC3)cnnc2c1.CO.O=C(O)c1ccc2c(N3CCSCC3)cnnc2c1.O=C(c1ccc2c(N3CCSCC3)ncnc2c1)N1CC(N2CCN(C(=O)c3nccs3)CC2)C1.O=C(c1nccs1)N1CCN(C2CNC2)CC1. The van der Waals surface area contributed by atoms with Gasteiger partial charge in [-0.3, -0.25) is 33.8 Å². The van der Waals surface area contributed by atoms with Crippen molar-refractivity contribution in [2.24, 2.45) is 0 Å². The second-order valence-corrected chi connectivity index (χ2v) is 34.0. The average Bonchev–Trinajstić information content (AvgIpc) is 1.08. The third kappa shape index (κ3) is 21.7. The number of thioether (sulfide) groups is 4. The number of carboxylic acids is 1. The lowest BCUT2D eigenvalue weighted by Gasteiger charge is -2.48. The maximum Gasteiger partial charge on any atom is 0.335 e. The number of aromatic nitrogens is 10. The zero-order valence-electron chi connectivity index (χ0n) is 62.7. The molecule has 8 aliphatic rings. The number of piperazine rings is 2. The van der Waals surface area contributed by atoms with E-state index in [0.29, 0.717) is 67.9 Å². The minimum atomic E-state index is -0.941. The first kappa shape index (κ1) is 83.0. The van der Waals surface area contributed by atoms with Crippen LogP contribution < -0.4 is 25.3 Å². The third-order valence-corrected chi connectivity index (χ3v) is 25.6. The van der Waals surface area contributed by atoms with Crippen LogP contribution in [0.3, 0.4) is 0 Å². The van der Waals surface area contributed by atoms with Crippen LogP contribution in [0, 0.1) is 0 Å². The number of aliphatic hydroxyl groups excluding tert-OH is 1. The third-order valence-electron chi connectivity index (χ3n) is 20.0. The number of amides is 3. The summed E-state index contributed by atoms with van der Waals surface area (Å²) in [6.45, 7) is 21.9. The summed E-state index contributed by atoms with van der Waals surface area (Å²) in [5.41, 5.74) is 7.29. The van der Waals surface area contributed by atoms with E-state index in [2.05, 4.69) is 85.7 Å². The van der Waals surface area contributed by atoms with Gasteiger partial charge in [0.25, 0.3) is 17.7 Å². The highest BCUT2D eigenvalue weighted by molar-refractivity contribution is 8.00. The molecule has 14 heterocycles. The Kier molecular flexibility index (Phi) is 30.8. The number of benzene rings is 4. The number of nitrogens with zero attached hydrogens (tertiary/aromatic N) is 18. The topological polar surface area (TPSA) is 322 Å². The number of rotatable bonds is 11. The van der Waals surface area contributed by atoms with Gasteiger partial charge in [-0.15, -0.1) is 22.7 Å². The summed E-state index contributed by atoms with van der Waals surface area (Å²) < 4.78 is 0. The number of hydrogen-bond acceptors (Lipinski definition) is 30. The van der Waals surface area contributed by atoms with Crippen LogP contribution in [0.25, 0.3) is 43.6 Å². The molecule has 0 aliphatic carbocycles. The van der Waals surface area contributed by atoms with E-state index in [1.807, 2.05) is 121 Å². The molecule has 28 nitrogen and oxygen atoms in total. The lowest BCUT2D eigenvalue weighted by Crippen LogP contribution is -2.64. The van der Waals surface area contributed by atoms with Gasteiger partial charge in [0.05, 0.1) is 62.6 Å². The lowest BCUT2D eigenvalue weighted by molar-refractivity contribution is 0.00851. The van der Waals surface area contributed by atoms with Crippen LogP contribution in [0.5, 0.6) is 0 Å². The van der Waals surface area contributed by atoms with Crippen molar-refractivity contribution in [1.82, 2.24) is 85.7 Å². The number of halogens is 1. The largest absolute Gasteiger partial charge is 0.478 e. The molecule has 4 aromatic carbocycles. The summed E-state index contributed by atoms with van der Waals surface area (Å²) in [4.78, 5) is 106. The van der Waals surface area contributed by atoms with E-state index in [9.17, 15) is 28.8 Å². The molecule has 112 heavy (non-hydrogen) atoms. The number of carbonyl (C=O) groups excluding carboxylic acids is 5. The molecule has 35 heteroatoms. The Bertz CT molecular complexity index is 4680. The predicted molar refractivity (Wildman–Crippen MR) is 453 cm³/mol. The van der Waals surface area contributed by atoms with Crippen molar-refractivity contribution in [2.45, 2.75) is 25.9 Å². The van der Waals surface area contributed by atoms with Crippen LogP contribution in [0.15, 0.2) is 121 Å². The van der Waals surface area contributed by atoms with Gasteiger partial charge < -0.3 is 50.2 Å². The minimum Gasteiger partial charge on any atom is -0.478 e. The number of hydrogen-bond donors (Lipinski definition) is 4. The van der Waals surface area contributed by atoms with Gasteiger partial charge >= 0.3 is 5.97 Å². The molecule has 8 fully saturated rings. The zero-order valence-corrected chi connectivity index (χ0v) is 68.4. The fourth-order valence-electron chi connectivity index (χ4n) is 13.6. The number of anilines is 3. The highest BCUT2D eigenvalue weighted by Gasteiger charge is 2.38. The quantitative estimate of drug-likeness (QED) is 0.0882. The van der Waals surface area contributed by atoms with Gasteiger partial charge in [0.2, 0.25) is 0 Å². The normalized spacial score (nSPS) is 17.5. The fourth-order valence-corrected chi connectivity index (χ4v) is 18.5. The van der Waals surface area contributed by atoms with E-state index in [1.165, 1.54) is 60.4 Å². The Morgan fingerprint density at radius 3 is 1.31 bits per heavy atom. The van der Waals surface area contributed by atoms with E-state index >= 15 is 0 Å². The molecule has 0 bridgehead atoms. The number of aliphatic hydroxyl groups is 1. The van der Waals surface area contributed by atoms with Gasteiger partial charge in [0.1, 0.15) is 12.1 Å². The minimum absolute atomic E-state index is 0.00803. The van der Waals surface area contributed by atoms with E-state index in [0.717, 1.165) is 196 Å². The molecule has 590 valence electrons. The van der Waals surface area contributed by atoms with E-state index in [-0.39, 0.29) is 34.9 Å². The van der Waals surface area contributed by atoms with E-state index in [4.69, 9.17) is 21.8 Å². The number of carboxylic acid groups (broad SMARTS) is 1. The first-order valence-electron chi connectivity index (χ1n) is 37.2. The van der Waals surface area contributed by atoms with Crippen molar-refractivity contribution in [1.29, 1.82) is 0 Å². The van der Waals surface area contributed by atoms with Gasteiger partial charge in [-0.25, -0.2) is 24.7 Å². The van der Waals surface area contributed by atoms with Crippen LogP contribution >= 0.6 is 81.3 Å². The second kappa shape index (κ2) is 41.6. The van der Waals surface area contributed by atoms with E-state index < -0.39 is 5.97 Å². The van der Waals surface area contributed by atoms with Crippen molar-refractivity contribution in [3.05, 3.63) is 158 Å². The molecule has 8 saturated heterocycles. The summed E-state index contributed by atoms with van der Waals surface area (Å²) in [5, 5.41) is 55.7. The first-order valence-corrected chi connectivity index (χ1v) is 44.0. The molecule has 0 radical (unpaired) electrons. The maximum absolute atomic E-state index is 13.2. The smallest absolute Gasteiger partial charge is 0.335 e. The Morgan fingerprint density at radius 2 is 0.866 bits per heavy atom. The van der Waals surface area contributed by atoms with Crippen LogP contribution in [0.2, 0.25) is 5.02 Å². The van der Waals surface area contributed by atoms with Crippen molar-refractivity contribution in [3.8, 4) is 0 Å². The number of likely N-dealkylation sites (tertiary alicyclic amines) is 1. The molecule has 18 rings (SSSR count). The van der Waals surface area contributed by atoms with Crippen molar-refractivity contribution < 1.29 is 39.0 Å². The second-order valence-electron chi connectivity index (χ2n) is 26.9. The summed E-state index contributed by atoms with van der Waals surface area (Å²) in [6.07, 6.45) is 10.0. The summed E-state index contributed by atoms with van der Waals surface area (Å²) >= 11 is 16.6. The summed E-state index contributed by atoms with van der Waals surface area (Å²) in [5.74, 6) is 9.59. The van der Waals surface area contributed by atoms with Gasteiger partial charge in [-0.05, 0) is 68.4 Å². The van der Waals surface area contributed by atoms with Gasteiger partial charge in [-0.2, -0.15) is 77.6 Å². The van der Waals surface area contributed by atoms with Gasteiger partial charge in [0.15, 0.2) is 21.6 Å². The fraction of sp³-hybridized carbons (Fsp3) is 0.429. The molecule has 10 aromatic rings. The molecule has 0 saturated carbocycles. The molecule has 0 unspecified atom stereocenters. The molecule has 0 atom stereocenters. The van der Waals surface area contributed by atoms with Crippen molar-refractivity contribution >= 4 is 177 Å². The molecule has 6 aromatic heterocycles. The Hall–Kier alpha value is -8.39.